The number of hydrogen-bond donors (Lipinski definition) is 1. The van der Waals surface area contributed by atoms with E-state index in [2.05, 4.69) is 4.98 Å². The molecule has 5 heteroatoms. The van der Waals surface area contributed by atoms with E-state index in [1.54, 1.807) is 0 Å². The van der Waals surface area contributed by atoms with Gasteiger partial charge in [0, 0.05) is 7.05 Å². The standard InChI is InChI=1S/C6H6N2O3/c1-8-4(6(10)11)2-7-5(8)3-9/h2-3H,1H3,(H,10,11). The second kappa shape index (κ2) is 2.53. The highest BCUT2D eigenvalue weighted by molar-refractivity contribution is 5.86. The zero-order valence-corrected chi connectivity index (χ0v) is 5.81. The van der Waals surface area contributed by atoms with Crippen molar-refractivity contribution in [2.75, 3.05) is 0 Å². The van der Waals surface area contributed by atoms with Crippen LogP contribution in [0.5, 0.6) is 0 Å². The fourth-order valence-corrected chi connectivity index (χ4v) is 0.732. The summed E-state index contributed by atoms with van der Waals surface area (Å²) in [7, 11) is 1.47. The number of carbonyl (C=O) groups excluding carboxylic acids is 1. The molecular weight excluding hydrogens is 148 g/mol. The minimum absolute atomic E-state index is 0.00657. The van der Waals surface area contributed by atoms with Crippen LogP contribution in [0.3, 0.4) is 0 Å². The molecule has 11 heavy (non-hydrogen) atoms. The van der Waals surface area contributed by atoms with Crippen LogP contribution in [-0.2, 0) is 7.05 Å². The molecule has 1 rings (SSSR count). The van der Waals surface area contributed by atoms with Crippen LogP contribution < -0.4 is 0 Å². The fraction of sp³-hybridized carbons (Fsp3) is 0.167. The molecule has 0 aromatic carbocycles. The van der Waals surface area contributed by atoms with Crippen molar-refractivity contribution in [1.82, 2.24) is 9.55 Å². The third-order valence-electron chi connectivity index (χ3n) is 1.35. The predicted molar refractivity (Wildman–Crippen MR) is 35.6 cm³/mol. The first-order valence-electron chi connectivity index (χ1n) is 2.87. The van der Waals surface area contributed by atoms with Gasteiger partial charge in [-0.25, -0.2) is 9.78 Å². The summed E-state index contributed by atoms with van der Waals surface area (Å²) in [5, 5.41) is 8.50. The molecule has 0 aliphatic heterocycles. The molecule has 5 nitrogen and oxygen atoms in total. The number of rotatable bonds is 2. The Morgan fingerprint density at radius 3 is 2.73 bits per heavy atom. The Hall–Kier alpha value is -1.65. The lowest BCUT2D eigenvalue weighted by molar-refractivity contribution is 0.0686. The Balaban J connectivity index is 3.20. The summed E-state index contributed by atoms with van der Waals surface area (Å²) < 4.78 is 1.22. The minimum Gasteiger partial charge on any atom is -0.477 e. The third-order valence-corrected chi connectivity index (χ3v) is 1.35. The van der Waals surface area contributed by atoms with Gasteiger partial charge in [-0.15, -0.1) is 0 Å². The van der Waals surface area contributed by atoms with Gasteiger partial charge in [0.05, 0.1) is 6.20 Å². The molecule has 0 atom stereocenters. The second-order valence-electron chi connectivity index (χ2n) is 1.98. The Bertz CT molecular complexity index is 303. The number of carboxylic acids is 1. The number of aldehydes is 1. The molecule has 1 aromatic rings. The largest absolute Gasteiger partial charge is 0.477 e. The van der Waals surface area contributed by atoms with E-state index in [0.717, 1.165) is 6.20 Å². The molecule has 0 fully saturated rings. The van der Waals surface area contributed by atoms with Crippen molar-refractivity contribution in [3.63, 3.8) is 0 Å². The van der Waals surface area contributed by atoms with E-state index in [1.807, 2.05) is 0 Å². The highest BCUT2D eigenvalue weighted by Gasteiger charge is 2.10. The zero-order valence-electron chi connectivity index (χ0n) is 5.81. The second-order valence-corrected chi connectivity index (χ2v) is 1.98. The van der Waals surface area contributed by atoms with E-state index >= 15 is 0 Å². The Labute approximate surface area is 62.3 Å². The summed E-state index contributed by atoms with van der Waals surface area (Å²) in [6.07, 6.45) is 1.65. The highest BCUT2D eigenvalue weighted by Crippen LogP contribution is 1.99. The number of carboxylic acid groups (broad SMARTS) is 1. The van der Waals surface area contributed by atoms with Crippen molar-refractivity contribution in [3.05, 3.63) is 17.7 Å². The van der Waals surface area contributed by atoms with Crippen molar-refractivity contribution < 1.29 is 14.7 Å². The third kappa shape index (κ3) is 1.12. The van der Waals surface area contributed by atoms with Crippen LogP contribution in [0.15, 0.2) is 6.20 Å². The molecule has 0 saturated carbocycles. The topological polar surface area (TPSA) is 72.2 Å². The maximum Gasteiger partial charge on any atom is 0.354 e. The van der Waals surface area contributed by atoms with Gasteiger partial charge in [0.25, 0.3) is 0 Å². The Morgan fingerprint density at radius 1 is 1.82 bits per heavy atom. The van der Waals surface area contributed by atoms with Gasteiger partial charge in [-0.05, 0) is 0 Å². The number of imidazole rings is 1. The lowest BCUT2D eigenvalue weighted by Crippen LogP contribution is -2.06. The SMILES string of the molecule is Cn1c(C(=O)O)cnc1C=O. The van der Waals surface area contributed by atoms with Crippen molar-refractivity contribution in [2.45, 2.75) is 0 Å². The number of carbonyl (C=O) groups is 2. The summed E-state index contributed by atoms with van der Waals surface area (Å²) in [4.78, 5) is 24.1. The van der Waals surface area contributed by atoms with Gasteiger partial charge in [-0.2, -0.15) is 0 Å². The first kappa shape index (κ1) is 7.46. The van der Waals surface area contributed by atoms with E-state index in [9.17, 15) is 9.59 Å². The monoisotopic (exact) mass is 154 g/mol. The minimum atomic E-state index is -1.09. The zero-order chi connectivity index (χ0) is 8.43. The van der Waals surface area contributed by atoms with Crippen molar-refractivity contribution in [1.29, 1.82) is 0 Å². The first-order valence-corrected chi connectivity index (χ1v) is 2.87. The van der Waals surface area contributed by atoms with Crippen molar-refractivity contribution in [2.24, 2.45) is 7.05 Å². The van der Waals surface area contributed by atoms with Crippen LogP contribution in [0.1, 0.15) is 21.1 Å². The first-order chi connectivity index (χ1) is 5.16. The maximum absolute atomic E-state index is 10.4. The van der Waals surface area contributed by atoms with E-state index in [4.69, 9.17) is 5.11 Å². The predicted octanol–water partition coefficient (Wildman–Crippen LogP) is -0.0692. The van der Waals surface area contributed by atoms with E-state index in [0.29, 0.717) is 6.29 Å². The van der Waals surface area contributed by atoms with Gasteiger partial charge in [0.2, 0.25) is 0 Å². The molecule has 0 spiro atoms. The van der Waals surface area contributed by atoms with Gasteiger partial charge in [0.15, 0.2) is 12.1 Å². The number of aromatic nitrogens is 2. The lowest BCUT2D eigenvalue weighted by atomic mass is 10.5. The molecule has 0 unspecified atom stereocenters. The van der Waals surface area contributed by atoms with Crippen LogP contribution in [-0.4, -0.2) is 26.9 Å². The van der Waals surface area contributed by atoms with Gasteiger partial charge in [0.1, 0.15) is 5.69 Å². The van der Waals surface area contributed by atoms with Gasteiger partial charge in [-0.3, -0.25) is 4.79 Å². The molecule has 1 aromatic heterocycles. The Kier molecular flexibility index (Phi) is 1.72. The van der Waals surface area contributed by atoms with Gasteiger partial charge >= 0.3 is 5.97 Å². The summed E-state index contributed by atoms with van der Waals surface area (Å²) in [6, 6.07) is 0. The van der Waals surface area contributed by atoms with Gasteiger partial charge < -0.3 is 9.67 Å². The average Bonchev–Trinajstić information content (AvgIpc) is 2.30. The molecule has 0 bridgehead atoms. The molecular formula is C6H6N2O3. The van der Waals surface area contributed by atoms with Crippen LogP contribution in [0.25, 0.3) is 0 Å². The van der Waals surface area contributed by atoms with E-state index in [1.165, 1.54) is 11.6 Å². The molecule has 58 valence electrons. The molecule has 0 aliphatic rings. The van der Waals surface area contributed by atoms with Crippen LogP contribution in [0.2, 0.25) is 0 Å². The van der Waals surface area contributed by atoms with Crippen molar-refractivity contribution in [3.8, 4) is 0 Å². The summed E-state index contributed by atoms with van der Waals surface area (Å²) in [5.74, 6) is -0.976. The quantitative estimate of drug-likeness (QED) is 0.605. The molecule has 1 N–H and O–H groups in total. The summed E-state index contributed by atoms with van der Waals surface area (Å²) >= 11 is 0. The normalized spacial score (nSPS) is 9.55. The molecule has 0 saturated heterocycles. The highest BCUT2D eigenvalue weighted by atomic mass is 16.4. The van der Waals surface area contributed by atoms with Crippen molar-refractivity contribution >= 4 is 12.3 Å². The number of nitrogens with zero attached hydrogens (tertiary/aromatic N) is 2. The van der Waals surface area contributed by atoms with E-state index in [-0.39, 0.29) is 11.5 Å². The fourth-order valence-electron chi connectivity index (χ4n) is 0.732. The van der Waals surface area contributed by atoms with Crippen LogP contribution in [0, 0.1) is 0 Å². The maximum atomic E-state index is 10.4. The number of hydrogen-bond acceptors (Lipinski definition) is 3. The lowest BCUT2D eigenvalue weighted by Gasteiger charge is -1.94. The number of aromatic carboxylic acids is 1. The molecule has 0 amide bonds. The van der Waals surface area contributed by atoms with Crippen LogP contribution >= 0.6 is 0 Å². The Morgan fingerprint density at radius 2 is 2.45 bits per heavy atom. The summed E-state index contributed by atoms with van der Waals surface area (Å²) in [6.45, 7) is 0. The smallest absolute Gasteiger partial charge is 0.354 e. The molecule has 1 heterocycles. The average molecular weight is 154 g/mol. The molecule has 0 aliphatic carbocycles. The molecule has 0 radical (unpaired) electrons. The van der Waals surface area contributed by atoms with E-state index < -0.39 is 5.97 Å². The van der Waals surface area contributed by atoms with Gasteiger partial charge in [-0.1, -0.05) is 0 Å². The summed E-state index contributed by atoms with van der Waals surface area (Å²) in [5.41, 5.74) is 0.00657. The van der Waals surface area contributed by atoms with Crippen LogP contribution in [0.4, 0.5) is 0 Å².